The molecule has 0 saturated carbocycles. The van der Waals surface area contributed by atoms with Crippen molar-refractivity contribution in [3.05, 3.63) is 64.3 Å². The van der Waals surface area contributed by atoms with Crippen molar-refractivity contribution in [2.45, 2.75) is 18.9 Å². The smallest absolute Gasteiger partial charge is 0.170 e. The fraction of sp³-hybridized carbons (Fsp3) is 0.211. The number of benzene rings is 2. The van der Waals surface area contributed by atoms with Gasteiger partial charge in [-0.05, 0) is 37.1 Å². The van der Waals surface area contributed by atoms with Crippen LogP contribution in [0.15, 0.2) is 48.5 Å². The van der Waals surface area contributed by atoms with Crippen LogP contribution in [0.2, 0.25) is 10.0 Å². The van der Waals surface area contributed by atoms with E-state index in [2.05, 4.69) is 0 Å². The van der Waals surface area contributed by atoms with E-state index in [-0.39, 0.29) is 18.4 Å². The van der Waals surface area contributed by atoms with Gasteiger partial charge in [0.1, 0.15) is 11.4 Å². The molecule has 0 bridgehead atoms. The summed E-state index contributed by atoms with van der Waals surface area (Å²) in [5.74, 6) is 0.729. The first-order valence-electron chi connectivity index (χ1n) is 8.17. The van der Waals surface area contributed by atoms with Crippen LogP contribution in [0, 0.1) is 0 Å². The van der Waals surface area contributed by atoms with Gasteiger partial charge in [0.05, 0.1) is 23.4 Å². The molecule has 2 heterocycles. The molecule has 1 aromatic heterocycles. The monoisotopic (exact) mass is 409 g/mol. The van der Waals surface area contributed by atoms with E-state index in [1.807, 2.05) is 53.2 Å². The van der Waals surface area contributed by atoms with Gasteiger partial charge >= 0.3 is 0 Å². The fourth-order valence-electron chi connectivity index (χ4n) is 3.08. The van der Waals surface area contributed by atoms with Crippen molar-refractivity contribution in [3.8, 4) is 22.7 Å². The zero-order valence-corrected chi connectivity index (χ0v) is 16.2. The second kappa shape index (κ2) is 7.89. The summed E-state index contributed by atoms with van der Waals surface area (Å²) in [6.45, 7) is 0.621. The van der Waals surface area contributed by atoms with Crippen molar-refractivity contribution in [2.24, 2.45) is 5.73 Å². The van der Waals surface area contributed by atoms with Gasteiger partial charge in [0.15, 0.2) is 5.75 Å². The molecule has 1 aliphatic heterocycles. The van der Waals surface area contributed by atoms with Crippen LogP contribution in [0.5, 0.6) is 5.75 Å². The first-order chi connectivity index (χ1) is 12.1. The van der Waals surface area contributed by atoms with E-state index >= 15 is 0 Å². The fourth-order valence-corrected chi connectivity index (χ4v) is 3.42. The lowest BCUT2D eigenvalue weighted by atomic mass is 10.1. The molecule has 0 amide bonds. The minimum atomic E-state index is -0.160. The maximum atomic E-state index is 6.42. The normalized spacial score (nSPS) is 16.2. The molecule has 2 N–H and O–H groups in total. The van der Waals surface area contributed by atoms with Crippen molar-refractivity contribution in [3.63, 3.8) is 0 Å². The average Bonchev–Trinajstić information content (AvgIpc) is 2.89. The Morgan fingerprint density at radius 2 is 1.81 bits per heavy atom. The van der Waals surface area contributed by atoms with Gasteiger partial charge < -0.3 is 10.5 Å². The van der Waals surface area contributed by atoms with Gasteiger partial charge in [-0.25, -0.2) is 4.68 Å². The molecule has 0 radical (unpaired) electrons. The van der Waals surface area contributed by atoms with Crippen molar-refractivity contribution in [1.29, 1.82) is 0 Å². The van der Waals surface area contributed by atoms with Crippen molar-refractivity contribution in [1.82, 2.24) is 9.78 Å². The number of nitrogens with two attached hydrogens (primary N) is 1. The number of nitrogens with zero attached hydrogens (tertiary/aromatic N) is 2. The molecular formula is C19H18Cl3N3O. The van der Waals surface area contributed by atoms with E-state index in [1.54, 1.807) is 0 Å². The van der Waals surface area contributed by atoms with Crippen LogP contribution in [0.25, 0.3) is 16.9 Å². The number of ether oxygens (including phenoxy) is 1. The van der Waals surface area contributed by atoms with Crippen LogP contribution in [0.3, 0.4) is 0 Å². The molecule has 0 spiro atoms. The van der Waals surface area contributed by atoms with Crippen molar-refractivity contribution in [2.75, 3.05) is 6.61 Å². The van der Waals surface area contributed by atoms with Crippen LogP contribution in [0.4, 0.5) is 0 Å². The predicted octanol–water partition coefficient (Wildman–Crippen LogP) is 5.44. The third-order valence-corrected chi connectivity index (χ3v) is 4.89. The highest BCUT2D eigenvalue weighted by molar-refractivity contribution is 6.32. The summed E-state index contributed by atoms with van der Waals surface area (Å²) in [7, 11) is 0. The van der Waals surface area contributed by atoms with E-state index in [4.69, 9.17) is 38.8 Å². The minimum absolute atomic E-state index is 0. The standard InChI is InChI=1S/C19H17Cl2N3O.ClH/c20-13-9-7-12(8-10-13)18-19-17(15(22)5-3-11-25-19)23-24(18)16-6-2-1-4-14(16)21;/h1-2,4,6-10,15H,3,5,11,22H2;1H. The summed E-state index contributed by atoms with van der Waals surface area (Å²) in [5, 5.41) is 6.06. The molecule has 0 aliphatic carbocycles. The molecule has 1 unspecified atom stereocenters. The van der Waals surface area contributed by atoms with Gasteiger partial charge in [-0.3, -0.25) is 0 Å². The summed E-state index contributed by atoms with van der Waals surface area (Å²) in [5.41, 5.74) is 9.69. The Labute approximate surface area is 168 Å². The third kappa shape index (κ3) is 3.42. The third-order valence-electron chi connectivity index (χ3n) is 4.32. The predicted molar refractivity (Wildman–Crippen MR) is 108 cm³/mol. The first-order valence-corrected chi connectivity index (χ1v) is 8.93. The van der Waals surface area contributed by atoms with Crippen molar-refractivity contribution < 1.29 is 4.74 Å². The molecular weight excluding hydrogens is 393 g/mol. The molecule has 7 heteroatoms. The van der Waals surface area contributed by atoms with Gasteiger partial charge in [-0.2, -0.15) is 5.10 Å². The highest BCUT2D eigenvalue weighted by atomic mass is 35.5. The Morgan fingerprint density at radius 3 is 2.54 bits per heavy atom. The van der Waals surface area contributed by atoms with Gasteiger partial charge in [-0.1, -0.05) is 47.5 Å². The van der Waals surface area contributed by atoms with E-state index in [0.29, 0.717) is 16.7 Å². The van der Waals surface area contributed by atoms with Gasteiger partial charge in [0.25, 0.3) is 0 Å². The molecule has 1 atom stereocenters. The summed E-state index contributed by atoms with van der Waals surface area (Å²) in [6.07, 6.45) is 1.75. The summed E-state index contributed by atoms with van der Waals surface area (Å²) >= 11 is 12.5. The molecule has 0 saturated heterocycles. The molecule has 2 aromatic carbocycles. The number of para-hydroxylation sites is 1. The lowest BCUT2D eigenvalue weighted by Gasteiger charge is -2.11. The van der Waals surface area contributed by atoms with Gasteiger partial charge in [-0.15, -0.1) is 12.4 Å². The number of aromatic nitrogens is 2. The zero-order valence-electron chi connectivity index (χ0n) is 13.9. The topological polar surface area (TPSA) is 53.1 Å². The Kier molecular flexibility index (Phi) is 5.78. The molecule has 0 fully saturated rings. The highest BCUT2D eigenvalue weighted by Gasteiger charge is 2.28. The lowest BCUT2D eigenvalue weighted by Crippen LogP contribution is -2.11. The summed E-state index contributed by atoms with van der Waals surface area (Å²) in [6, 6.07) is 15.0. The number of hydrogen-bond acceptors (Lipinski definition) is 3. The Balaban J connectivity index is 0.00000196. The Morgan fingerprint density at radius 1 is 1.08 bits per heavy atom. The molecule has 136 valence electrons. The van der Waals surface area contributed by atoms with Crippen LogP contribution < -0.4 is 10.5 Å². The zero-order chi connectivity index (χ0) is 17.4. The second-order valence-electron chi connectivity index (χ2n) is 6.03. The minimum Gasteiger partial charge on any atom is -0.489 e. The van der Waals surface area contributed by atoms with Crippen molar-refractivity contribution >= 4 is 35.6 Å². The molecule has 26 heavy (non-hydrogen) atoms. The number of rotatable bonds is 2. The summed E-state index contributed by atoms with van der Waals surface area (Å²) < 4.78 is 7.86. The number of fused-ring (bicyclic) bond motifs is 1. The quantitative estimate of drug-likeness (QED) is 0.612. The largest absolute Gasteiger partial charge is 0.489 e. The molecule has 3 aromatic rings. The van der Waals surface area contributed by atoms with Gasteiger partial charge in [0.2, 0.25) is 0 Å². The Hall–Kier alpha value is -1.72. The van der Waals surface area contributed by atoms with Gasteiger partial charge in [0, 0.05) is 10.6 Å². The Bertz CT molecular complexity index is 909. The number of halogens is 3. The molecule has 4 rings (SSSR count). The summed E-state index contributed by atoms with van der Waals surface area (Å²) in [4.78, 5) is 0. The van der Waals surface area contributed by atoms with Crippen LogP contribution >= 0.6 is 35.6 Å². The SMILES string of the molecule is Cl.NC1CCCOc2c1nn(-c1ccccc1Cl)c2-c1ccc(Cl)cc1. The first kappa shape index (κ1) is 19.1. The second-order valence-corrected chi connectivity index (χ2v) is 6.87. The van der Waals surface area contributed by atoms with Crippen LogP contribution in [-0.4, -0.2) is 16.4 Å². The highest BCUT2D eigenvalue weighted by Crippen LogP contribution is 2.41. The van der Waals surface area contributed by atoms with E-state index < -0.39 is 0 Å². The van der Waals surface area contributed by atoms with E-state index in [0.717, 1.165) is 41.2 Å². The number of hydrogen-bond donors (Lipinski definition) is 1. The maximum Gasteiger partial charge on any atom is 0.170 e. The van der Waals surface area contributed by atoms with Crippen LogP contribution in [-0.2, 0) is 0 Å². The van der Waals surface area contributed by atoms with E-state index in [9.17, 15) is 0 Å². The maximum absolute atomic E-state index is 6.42. The molecule has 4 nitrogen and oxygen atoms in total. The van der Waals surface area contributed by atoms with Crippen LogP contribution in [0.1, 0.15) is 24.6 Å². The lowest BCUT2D eigenvalue weighted by molar-refractivity contribution is 0.317. The van der Waals surface area contributed by atoms with E-state index in [1.165, 1.54) is 0 Å². The average molecular weight is 411 g/mol. The molecule has 1 aliphatic rings.